The molecule has 27 heavy (non-hydrogen) atoms. The van der Waals surface area contributed by atoms with Gasteiger partial charge in [0.2, 0.25) is 5.89 Å². The molecule has 0 aliphatic rings. The molecule has 3 rings (SSSR count). The van der Waals surface area contributed by atoms with Gasteiger partial charge in [-0.15, -0.1) is 0 Å². The van der Waals surface area contributed by atoms with Crippen LogP contribution < -0.4 is 5.32 Å². The Bertz CT molecular complexity index is 968. The third-order valence-corrected chi connectivity index (χ3v) is 4.36. The summed E-state index contributed by atoms with van der Waals surface area (Å²) in [5.41, 5.74) is 3.29. The number of hydrogen-bond donors (Lipinski definition) is 1. The van der Waals surface area contributed by atoms with Crippen molar-refractivity contribution in [2.45, 2.75) is 33.7 Å². The number of halogens is 2. The monoisotopic (exact) mass is 370 g/mol. The standard InChI is InChI=1S/C21H20F2N2O2/c1-11-5-12(2)7-16(6-11)21-25-19(10-27-21)20(26)24-14(4)15-8-17(22)13(3)18(23)9-15/h5-10,14H,1-4H3,(H,24,26)/t14-/m1/s1. The predicted molar refractivity (Wildman–Crippen MR) is 98.4 cm³/mol. The molecular weight excluding hydrogens is 350 g/mol. The van der Waals surface area contributed by atoms with Crippen molar-refractivity contribution >= 4 is 5.91 Å². The molecule has 0 radical (unpaired) electrons. The second kappa shape index (κ2) is 7.31. The first kappa shape index (κ1) is 18.8. The van der Waals surface area contributed by atoms with Gasteiger partial charge in [-0.2, -0.15) is 0 Å². The van der Waals surface area contributed by atoms with E-state index in [-0.39, 0.29) is 11.3 Å². The van der Waals surface area contributed by atoms with Crippen molar-refractivity contribution in [2.75, 3.05) is 0 Å². The van der Waals surface area contributed by atoms with E-state index in [4.69, 9.17) is 4.42 Å². The van der Waals surface area contributed by atoms with Gasteiger partial charge in [0.25, 0.3) is 5.91 Å². The number of rotatable bonds is 4. The maximum absolute atomic E-state index is 13.7. The molecule has 140 valence electrons. The van der Waals surface area contributed by atoms with Crippen LogP contribution in [0.2, 0.25) is 0 Å². The van der Waals surface area contributed by atoms with Gasteiger partial charge in [0.15, 0.2) is 5.69 Å². The molecule has 1 heterocycles. The number of benzene rings is 2. The highest BCUT2D eigenvalue weighted by molar-refractivity contribution is 5.92. The number of aromatic nitrogens is 1. The fraction of sp³-hybridized carbons (Fsp3) is 0.238. The van der Waals surface area contributed by atoms with Gasteiger partial charge >= 0.3 is 0 Å². The van der Waals surface area contributed by atoms with Crippen molar-refractivity contribution < 1.29 is 18.0 Å². The first-order valence-corrected chi connectivity index (χ1v) is 8.55. The maximum atomic E-state index is 13.7. The van der Waals surface area contributed by atoms with E-state index in [2.05, 4.69) is 10.3 Å². The van der Waals surface area contributed by atoms with Crippen LogP contribution in [0.4, 0.5) is 8.78 Å². The molecule has 1 atom stereocenters. The van der Waals surface area contributed by atoms with Gasteiger partial charge in [0.1, 0.15) is 17.9 Å². The summed E-state index contributed by atoms with van der Waals surface area (Å²) in [6.07, 6.45) is 1.27. The minimum atomic E-state index is -0.648. The normalized spacial score (nSPS) is 12.1. The highest BCUT2D eigenvalue weighted by Crippen LogP contribution is 2.23. The lowest BCUT2D eigenvalue weighted by Gasteiger charge is -2.14. The molecule has 1 aromatic heterocycles. The lowest BCUT2D eigenvalue weighted by atomic mass is 10.1. The largest absolute Gasteiger partial charge is 0.444 e. The molecule has 0 aliphatic heterocycles. The van der Waals surface area contributed by atoms with Crippen LogP contribution in [0.5, 0.6) is 0 Å². The second-order valence-electron chi connectivity index (χ2n) is 6.72. The summed E-state index contributed by atoms with van der Waals surface area (Å²) >= 11 is 0. The van der Waals surface area contributed by atoms with Gasteiger partial charge in [-0.05, 0) is 57.5 Å². The first-order chi connectivity index (χ1) is 12.7. The van der Waals surface area contributed by atoms with E-state index in [1.165, 1.54) is 25.3 Å². The number of oxazole rings is 1. The van der Waals surface area contributed by atoms with E-state index in [0.29, 0.717) is 11.5 Å². The van der Waals surface area contributed by atoms with Crippen LogP contribution in [-0.2, 0) is 0 Å². The molecule has 0 bridgehead atoms. The van der Waals surface area contributed by atoms with Crippen molar-refractivity contribution in [1.82, 2.24) is 10.3 Å². The van der Waals surface area contributed by atoms with E-state index in [1.807, 2.05) is 32.0 Å². The zero-order valence-electron chi connectivity index (χ0n) is 15.6. The zero-order chi connectivity index (χ0) is 19.7. The quantitative estimate of drug-likeness (QED) is 0.700. The number of carbonyl (C=O) groups is 1. The molecule has 0 saturated heterocycles. The van der Waals surface area contributed by atoms with E-state index in [9.17, 15) is 13.6 Å². The fourth-order valence-electron chi connectivity index (χ4n) is 2.88. The molecule has 0 fully saturated rings. The molecule has 3 aromatic rings. The van der Waals surface area contributed by atoms with E-state index >= 15 is 0 Å². The summed E-state index contributed by atoms with van der Waals surface area (Å²) in [5, 5.41) is 2.68. The third kappa shape index (κ3) is 4.05. The van der Waals surface area contributed by atoms with Crippen molar-refractivity contribution in [3.63, 3.8) is 0 Å². The van der Waals surface area contributed by atoms with Crippen LogP contribution in [0, 0.1) is 32.4 Å². The molecule has 0 spiro atoms. The second-order valence-corrected chi connectivity index (χ2v) is 6.72. The van der Waals surface area contributed by atoms with Crippen LogP contribution in [0.25, 0.3) is 11.5 Å². The van der Waals surface area contributed by atoms with Crippen LogP contribution >= 0.6 is 0 Å². The molecule has 4 nitrogen and oxygen atoms in total. The summed E-state index contributed by atoms with van der Waals surface area (Å²) in [6.45, 7) is 6.94. The zero-order valence-corrected chi connectivity index (χ0v) is 15.6. The van der Waals surface area contributed by atoms with Crippen molar-refractivity contribution in [3.8, 4) is 11.5 Å². The fourth-order valence-corrected chi connectivity index (χ4v) is 2.88. The minimum Gasteiger partial charge on any atom is -0.444 e. The Morgan fingerprint density at radius 3 is 2.22 bits per heavy atom. The number of nitrogens with one attached hydrogen (secondary N) is 1. The van der Waals surface area contributed by atoms with Crippen LogP contribution in [0.3, 0.4) is 0 Å². The molecular formula is C21H20F2N2O2. The van der Waals surface area contributed by atoms with Crippen LogP contribution in [-0.4, -0.2) is 10.9 Å². The lowest BCUT2D eigenvalue weighted by molar-refractivity contribution is 0.0934. The van der Waals surface area contributed by atoms with Crippen LogP contribution in [0.15, 0.2) is 41.0 Å². The van der Waals surface area contributed by atoms with Gasteiger partial charge in [-0.25, -0.2) is 13.8 Å². The molecule has 0 saturated carbocycles. The van der Waals surface area contributed by atoms with Crippen molar-refractivity contribution in [2.24, 2.45) is 0 Å². The van der Waals surface area contributed by atoms with Gasteiger partial charge in [-0.3, -0.25) is 4.79 Å². The number of amides is 1. The Balaban J connectivity index is 1.78. The summed E-state index contributed by atoms with van der Waals surface area (Å²) in [4.78, 5) is 16.7. The number of carbonyl (C=O) groups excluding carboxylic acids is 1. The average molecular weight is 370 g/mol. The van der Waals surface area contributed by atoms with E-state index in [1.54, 1.807) is 6.92 Å². The smallest absolute Gasteiger partial charge is 0.273 e. The Morgan fingerprint density at radius 1 is 1.04 bits per heavy atom. The SMILES string of the molecule is Cc1cc(C)cc(-c2nc(C(=O)N[C@H](C)c3cc(F)c(C)c(F)c3)co2)c1. The Hall–Kier alpha value is -3.02. The lowest BCUT2D eigenvalue weighted by Crippen LogP contribution is -2.27. The van der Waals surface area contributed by atoms with Gasteiger partial charge in [0, 0.05) is 11.1 Å². The highest BCUT2D eigenvalue weighted by Gasteiger charge is 2.18. The summed E-state index contributed by atoms with van der Waals surface area (Å²) < 4.78 is 32.9. The van der Waals surface area contributed by atoms with Gasteiger partial charge in [0.05, 0.1) is 6.04 Å². The highest BCUT2D eigenvalue weighted by atomic mass is 19.1. The molecule has 2 aromatic carbocycles. The van der Waals surface area contributed by atoms with Crippen LogP contribution in [0.1, 0.15) is 45.7 Å². The minimum absolute atomic E-state index is 0.0492. The number of hydrogen-bond acceptors (Lipinski definition) is 3. The van der Waals surface area contributed by atoms with Gasteiger partial charge in [-0.1, -0.05) is 17.2 Å². The third-order valence-electron chi connectivity index (χ3n) is 4.36. The molecule has 1 amide bonds. The van der Waals surface area contributed by atoms with Crippen molar-refractivity contribution in [1.29, 1.82) is 0 Å². The molecule has 0 unspecified atom stereocenters. The predicted octanol–water partition coefficient (Wildman–Crippen LogP) is 5.04. The summed E-state index contributed by atoms with van der Waals surface area (Å²) in [6, 6.07) is 7.70. The Morgan fingerprint density at radius 2 is 1.63 bits per heavy atom. The van der Waals surface area contributed by atoms with E-state index < -0.39 is 23.6 Å². The number of aryl methyl sites for hydroxylation is 2. The average Bonchev–Trinajstić information content (AvgIpc) is 3.08. The summed E-state index contributed by atoms with van der Waals surface area (Å²) in [7, 11) is 0. The number of nitrogens with zero attached hydrogens (tertiary/aromatic N) is 1. The molecule has 1 N–H and O–H groups in total. The maximum Gasteiger partial charge on any atom is 0.273 e. The van der Waals surface area contributed by atoms with E-state index in [0.717, 1.165) is 16.7 Å². The first-order valence-electron chi connectivity index (χ1n) is 8.55. The van der Waals surface area contributed by atoms with Crippen molar-refractivity contribution in [3.05, 3.63) is 76.2 Å². The van der Waals surface area contributed by atoms with Gasteiger partial charge < -0.3 is 9.73 Å². The Labute approximate surface area is 156 Å². The summed E-state index contributed by atoms with van der Waals surface area (Å²) in [5.74, 6) is -1.44. The molecule has 6 heteroatoms. The Kier molecular flexibility index (Phi) is 5.08. The topological polar surface area (TPSA) is 55.1 Å². The molecule has 0 aliphatic carbocycles.